The van der Waals surface area contributed by atoms with Gasteiger partial charge >= 0.3 is 7.12 Å². The topological polar surface area (TPSA) is 79.4 Å². The van der Waals surface area contributed by atoms with Crippen molar-refractivity contribution in [2.45, 2.75) is 0 Å². The number of hydrogen-bond acceptors (Lipinski definition) is 4. The maximum atomic E-state index is 8.96. The lowest BCUT2D eigenvalue weighted by Gasteiger charge is -2.03. The molecule has 0 unspecified atom stereocenters. The normalized spacial score (nSPS) is 10.4. The Morgan fingerprint density at radius 2 is 2.00 bits per heavy atom. The third kappa shape index (κ3) is 1.43. The van der Waals surface area contributed by atoms with Crippen LogP contribution in [0.3, 0.4) is 0 Å². The number of fused-ring (bicyclic) bond motifs is 1. The molecule has 0 aliphatic heterocycles. The average molecular weight is 188 g/mol. The molecule has 1 aromatic carbocycles. The Balaban J connectivity index is 2.67. The van der Waals surface area contributed by atoms with Gasteiger partial charge in [0, 0.05) is 11.6 Å². The summed E-state index contributed by atoms with van der Waals surface area (Å²) in [4.78, 5) is 3.93. The van der Waals surface area contributed by atoms with Crippen LogP contribution >= 0.6 is 0 Å². The van der Waals surface area contributed by atoms with Crippen molar-refractivity contribution < 1.29 is 10.0 Å². The first-order valence-corrected chi connectivity index (χ1v) is 4.19. The van der Waals surface area contributed by atoms with E-state index < -0.39 is 7.12 Å². The lowest BCUT2D eigenvalue weighted by Crippen LogP contribution is -2.29. The smallest absolute Gasteiger partial charge is 0.423 e. The Hall–Kier alpha value is -1.59. The van der Waals surface area contributed by atoms with Crippen LogP contribution in [0.5, 0.6) is 0 Å². The third-order valence-corrected chi connectivity index (χ3v) is 2.12. The Morgan fingerprint density at radius 1 is 1.21 bits per heavy atom. The summed E-state index contributed by atoms with van der Waals surface area (Å²) in [5.41, 5.74) is 6.09. The predicted molar refractivity (Wildman–Crippen MR) is 56.0 cm³/mol. The molecule has 0 saturated carbocycles. The quantitative estimate of drug-likeness (QED) is 0.527. The molecule has 2 aromatic rings. The van der Waals surface area contributed by atoms with Crippen LogP contribution < -0.4 is 11.2 Å². The van der Waals surface area contributed by atoms with Crippen molar-refractivity contribution in [3.8, 4) is 0 Å². The number of hydrogen-bond donors (Lipinski definition) is 3. The monoisotopic (exact) mass is 188 g/mol. The Labute approximate surface area is 81.2 Å². The molecule has 0 bridgehead atoms. The first kappa shape index (κ1) is 8.99. The molecule has 0 aliphatic carbocycles. The second-order valence-corrected chi connectivity index (χ2v) is 3.05. The van der Waals surface area contributed by atoms with E-state index in [1.807, 2.05) is 0 Å². The number of nitrogen functional groups attached to an aromatic ring is 1. The van der Waals surface area contributed by atoms with E-state index in [1.54, 1.807) is 30.5 Å². The average Bonchev–Trinajstić information content (AvgIpc) is 2.17. The van der Waals surface area contributed by atoms with Crippen molar-refractivity contribution in [2.24, 2.45) is 0 Å². The molecule has 0 amide bonds. The highest BCUT2D eigenvalue weighted by atomic mass is 16.4. The minimum atomic E-state index is -1.45. The fourth-order valence-corrected chi connectivity index (χ4v) is 1.38. The summed E-state index contributed by atoms with van der Waals surface area (Å²) in [6.07, 6.45) is 1.59. The van der Waals surface area contributed by atoms with Crippen molar-refractivity contribution in [3.63, 3.8) is 0 Å². The summed E-state index contributed by atoms with van der Waals surface area (Å²) < 4.78 is 0. The Morgan fingerprint density at radius 3 is 2.71 bits per heavy atom. The van der Waals surface area contributed by atoms with Crippen molar-refractivity contribution in [3.05, 3.63) is 30.5 Å². The lowest BCUT2D eigenvalue weighted by atomic mass is 9.79. The van der Waals surface area contributed by atoms with Gasteiger partial charge in [0.15, 0.2) is 0 Å². The van der Waals surface area contributed by atoms with Crippen LogP contribution in [0.25, 0.3) is 10.8 Å². The molecule has 1 aromatic heterocycles. The van der Waals surface area contributed by atoms with E-state index in [2.05, 4.69) is 4.98 Å². The van der Waals surface area contributed by atoms with Gasteiger partial charge in [-0.3, -0.25) is 0 Å². The fourth-order valence-electron chi connectivity index (χ4n) is 1.38. The molecule has 0 fully saturated rings. The summed E-state index contributed by atoms with van der Waals surface area (Å²) >= 11 is 0. The number of nitrogens with zero attached hydrogens (tertiary/aromatic N) is 1. The second kappa shape index (κ2) is 3.28. The minimum Gasteiger partial charge on any atom is -0.423 e. The number of nitrogens with two attached hydrogens (primary N) is 1. The van der Waals surface area contributed by atoms with Gasteiger partial charge < -0.3 is 15.8 Å². The van der Waals surface area contributed by atoms with Gasteiger partial charge in [0.25, 0.3) is 0 Å². The zero-order valence-electron chi connectivity index (χ0n) is 7.38. The summed E-state index contributed by atoms with van der Waals surface area (Å²) in [5.74, 6) is 0.446. The van der Waals surface area contributed by atoms with Gasteiger partial charge in [-0.2, -0.15) is 0 Å². The molecule has 0 radical (unpaired) electrons. The van der Waals surface area contributed by atoms with Crippen LogP contribution in [0.15, 0.2) is 30.5 Å². The Bertz CT molecular complexity index is 473. The van der Waals surface area contributed by atoms with E-state index in [4.69, 9.17) is 15.8 Å². The van der Waals surface area contributed by atoms with Crippen molar-refractivity contribution in [1.29, 1.82) is 0 Å². The number of aromatic nitrogens is 1. The summed E-state index contributed by atoms with van der Waals surface area (Å²) in [6.45, 7) is 0. The number of anilines is 1. The summed E-state index contributed by atoms with van der Waals surface area (Å²) in [5, 5.41) is 19.6. The highest BCUT2D eigenvalue weighted by Gasteiger charge is 2.11. The van der Waals surface area contributed by atoms with Crippen molar-refractivity contribution >= 4 is 29.2 Å². The van der Waals surface area contributed by atoms with Gasteiger partial charge in [0.1, 0.15) is 5.82 Å². The number of rotatable bonds is 1. The molecular weight excluding hydrogens is 179 g/mol. The standard InChI is InChI=1S/C9H9BN2O2/c11-9-8-2-1-7(10(13)14)5-6(8)3-4-12-9/h1-5,13-14H,(H2,11,12). The van der Waals surface area contributed by atoms with E-state index in [0.29, 0.717) is 11.3 Å². The van der Waals surface area contributed by atoms with E-state index >= 15 is 0 Å². The molecule has 0 saturated heterocycles. The molecule has 4 N–H and O–H groups in total. The van der Waals surface area contributed by atoms with E-state index in [0.717, 1.165) is 10.8 Å². The molecule has 70 valence electrons. The molecule has 14 heavy (non-hydrogen) atoms. The van der Waals surface area contributed by atoms with Crippen molar-refractivity contribution in [1.82, 2.24) is 4.98 Å². The molecule has 0 aliphatic rings. The second-order valence-electron chi connectivity index (χ2n) is 3.05. The van der Waals surface area contributed by atoms with E-state index in [1.165, 1.54) is 0 Å². The van der Waals surface area contributed by atoms with Crippen LogP contribution in [0, 0.1) is 0 Å². The third-order valence-electron chi connectivity index (χ3n) is 2.12. The largest absolute Gasteiger partial charge is 0.488 e. The molecule has 0 spiro atoms. The van der Waals surface area contributed by atoms with Crippen LogP contribution in [-0.2, 0) is 0 Å². The highest BCUT2D eigenvalue weighted by molar-refractivity contribution is 6.58. The Kier molecular flexibility index (Phi) is 2.11. The molecule has 2 rings (SSSR count). The highest BCUT2D eigenvalue weighted by Crippen LogP contribution is 2.16. The first-order valence-electron chi connectivity index (χ1n) is 4.19. The number of benzene rings is 1. The summed E-state index contributed by atoms with van der Waals surface area (Å²) in [7, 11) is -1.45. The van der Waals surface area contributed by atoms with E-state index in [9.17, 15) is 0 Å². The van der Waals surface area contributed by atoms with Crippen molar-refractivity contribution in [2.75, 3.05) is 5.73 Å². The van der Waals surface area contributed by atoms with Crippen LogP contribution in [0.1, 0.15) is 0 Å². The van der Waals surface area contributed by atoms with Gasteiger partial charge in [0.2, 0.25) is 0 Å². The zero-order chi connectivity index (χ0) is 10.1. The maximum Gasteiger partial charge on any atom is 0.488 e. The SMILES string of the molecule is Nc1nccc2cc(B(O)O)ccc12. The maximum absolute atomic E-state index is 8.96. The minimum absolute atomic E-state index is 0.446. The zero-order valence-corrected chi connectivity index (χ0v) is 7.38. The fraction of sp³-hybridized carbons (Fsp3) is 0. The van der Waals surface area contributed by atoms with Crippen LogP contribution in [-0.4, -0.2) is 22.2 Å². The first-order chi connectivity index (χ1) is 6.68. The molecule has 4 nitrogen and oxygen atoms in total. The summed E-state index contributed by atoms with van der Waals surface area (Å²) in [6, 6.07) is 6.80. The number of pyridine rings is 1. The van der Waals surface area contributed by atoms with Gasteiger partial charge in [-0.25, -0.2) is 4.98 Å². The lowest BCUT2D eigenvalue weighted by molar-refractivity contribution is 0.426. The van der Waals surface area contributed by atoms with E-state index in [-0.39, 0.29) is 0 Å². The van der Waals surface area contributed by atoms with Gasteiger partial charge in [-0.05, 0) is 16.9 Å². The molecule has 5 heteroatoms. The molecular formula is C9H9BN2O2. The molecule has 0 atom stereocenters. The van der Waals surface area contributed by atoms with Gasteiger partial charge in [0.05, 0.1) is 0 Å². The molecule has 1 heterocycles. The van der Waals surface area contributed by atoms with Crippen LogP contribution in [0.2, 0.25) is 0 Å². The predicted octanol–water partition coefficient (Wildman–Crippen LogP) is -0.503. The van der Waals surface area contributed by atoms with Crippen LogP contribution in [0.4, 0.5) is 5.82 Å². The van der Waals surface area contributed by atoms with Gasteiger partial charge in [-0.1, -0.05) is 18.2 Å². The van der Waals surface area contributed by atoms with Gasteiger partial charge in [-0.15, -0.1) is 0 Å².